The third-order valence-corrected chi connectivity index (χ3v) is 2.21. The minimum atomic E-state index is 0.261. The van der Waals surface area contributed by atoms with Gasteiger partial charge in [-0.15, -0.1) is 5.10 Å². The Kier molecular flexibility index (Phi) is 3.66. The van der Waals surface area contributed by atoms with Gasteiger partial charge in [0.1, 0.15) is 11.8 Å². The predicted octanol–water partition coefficient (Wildman–Crippen LogP) is 2.57. The lowest BCUT2D eigenvalue weighted by molar-refractivity contribution is -0.198. The second-order valence-electron chi connectivity index (χ2n) is 3.06. The smallest absolute Gasteiger partial charge is 0.156 e. The number of hydrogen-bond donors (Lipinski definition) is 1. The Morgan fingerprint density at radius 1 is 1.25 bits per heavy atom. The maximum absolute atomic E-state index is 5.75. The zero-order valence-corrected chi connectivity index (χ0v) is 9.74. The van der Waals surface area contributed by atoms with E-state index in [1.807, 2.05) is 30.3 Å². The van der Waals surface area contributed by atoms with Gasteiger partial charge in [-0.05, 0) is 5.56 Å². The molecule has 84 valence electrons. The normalized spacial score (nSPS) is 15.2. The first-order valence-electron chi connectivity index (χ1n) is 4.59. The van der Waals surface area contributed by atoms with Crippen LogP contribution in [-0.2, 0) is 11.4 Å². The number of hydrogen-bond acceptors (Lipinski definition) is 4. The molecule has 1 aliphatic heterocycles. The van der Waals surface area contributed by atoms with E-state index in [0.29, 0.717) is 11.8 Å². The summed E-state index contributed by atoms with van der Waals surface area (Å²) in [5.41, 5.74) is 3.71. The average molecular weight is 258 g/mol. The van der Waals surface area contributed by atoms with Crippen molar-refractivity contribution >= 4 is 28.4 Å². The first kappa shape index (κ1) is 11.3. The molecule has 1 aromatic rings. The van der Waals surface area contributed by atoms with E-state index in [2.05, 4.69) is 10.5 Å². The average Bonchev–Trinajstić information content (AvgIpc) is 2.27. The molecule has 0 saturated carbocycles. The molecule has 0 radical (unpaired) electrons. The third kappa shape index (κ3) is 3.13. The van der Waals surface area contributed by atoms with Crippen LogP contribution in [0.3, 0.4) is 0 Å². The minimum absolute atomic E-state index is 0.261. The molecule has 6 heteroatoms. The van der Waals surface area contributed by atoms with Gasteiger partial charge < -0.3 is 0 Å². The van der Waals surface area contributed by atoms with Crippen LogP contribution in [0.25, 0.3) is 0 Å². The Hall–Kier alpha value is -1.23. The van der Waals surface area contributed by atoms with Gasteiger partial charge in [0, 0.05) is 6.08 Å². The maximum atomic E-state index is 5.75. The molecular weight excluding hydrogens is 249 g/mol. The Bertz CT molecular complexity index is 419. The monoisotopic (exact) mass is 257 g/mol. The number of allylic oxidation sites excluding steroid dienone is 1. The van der Waals surface area contributed by atoms with E-state index in [4.69, 9.17) is 28.0 Å². The number of rotatable bonds is 3. The van der Waals surface area contributed by atoms with Crippen LogP contribution < -0.4 is 5.43 Å². The van der Waals surface area contributed by atoms with Crippen LogP contribution in [0.15, 0.2) is 46.7 Å². The van der Waals surface area contributed by atoms with Crippen LogP contribution in [0.2, 0.25) is 0 Å². The fourth-order valence-electron chi connectivity index (χ4n) is 1.14. The molecule has 4 nitrogen and oxygen atoms in total. The van der Waals surface area contributed by atoms with Gasteiger partial charge in [0.15, 0.2) is 5.17 Å². The molecule has 1 aliphatic rings. The van der Waals surface area contributed by atoms with Gasteiger partial charge in [0.05, 0.1) is 0 Å². The molecule has 0 fully saturated rings. The third-order valence-electron chi connectivity index (χ3n) is 1.83. The first-order chi connectivity index (χ1) is 7.74. The highest BCUT2D eigenvalue weighted by atomic mass is 35.5. The number of hydrazine groups is 1. The second-order valence-corrected chi connectivity index (χ2v) is 3.85. The van der Waals surface area contributed by atoms with E-state index in [0.717, 1.165) is 10.8 Å². The van der Waals surface area contributed by atoms with E-state index in [-0.39, 0.29) is 5.17 Å². The van der Waals surface area contributed by atoms with Gasteiger partial charge in [-0.25, -0.2) is 10.3 Å². The Morgan fingerprint density at radius 2 is 2.00 bits per heavy atom. The standard InChI is InChI=1S/C10H9Cl2N3O/c11-9-6-10(12)14-15(13-9)16-7-8-4-2-1-3-5-8/h1-6,13H,7H2. The molecule has 0 amide bonds. The van der Waals surface area contributed by atoms with Crippen molar-refractivity contribution in [3.63, 3.8) is 0 Å². The van der Waals surface area contributed by atoms with Crippen molar-refractivity contribution in [3.8, 4) is 0 Å². The van der Waals surface area contributed by atoms with Crippen molar-refractivity contribution in [1.29, 1.82) is 0 Å². The number of halogens is 2. The summed E-state index contributed by atoms with van der Waals surface area (Å²) in [6, 6.07) is 9.72. The number of nitrogens with one attached hydrogen (secondary N) is 1. The molecule has 1 aromatic carbocycles. The topological polar surface area (TPSA) is 36.9 Å². The van der Waals surface area contributed by atoms with Crippen LogP contribution >= 0.6 is 23.2 Å². The quantitative estimate of drug-likeness (QED) is 0.846. The molecule has 0 bridgehead atoms. The molecule has 0 aliphatic carbocycles. The van der Waals surface area contributed by atoms with Gasteiger partial charge >= 0.3 is 0 Å². The summed E-state index contributed by atoms with van der Waals surface area (Å²) in [6.07, 6.45) is 1.49. The summed E-state index contributed by atoms with van der Waals surface area (Å²) in [5.74, 6) is 0. The predicted molar refractivity (Wildman–Crippen MR) is 63.4 cm³/mol. The van der Waals surface area contributed by atoms with Crippen LogP contribution in [0, 0.1) is 0 Å². The summed E-state index contributed by atoms with van der Waals surface area (Å²) >= 11 is 11.5. The highest BCUT2D eigenvalue weighted by Crippen LogP contribution is 2.10. The lowest BCUT2D eigenvalue weighted by atomic mass is 10.2. The SMILES string of the molecule is ClC1=CC(Cl)=NN(OCc2ccccc2)N1. The number of hydrazone groups is 1. The van der Waals surface area contributed by atoms with Gasteiger partial charge in [0.2, 0.25) is 0 Å². The molecule has 2 rings (SSSR count). The van der Waals surface area contributed by atoms with Crippen LogP contribution in [-0.4, -0.2) is 10.5 Å². The molecule has 0 spiro atoms. The molecule has 0 atom stereocenters. The van der Waals surface area contributed by atoms with E-state index in [9.17, 15) is 0 Å². The second kappa shape index (κ2) is 5.21. The summed E-state index contributed by atoms with van der Waals surface area (Å²) in [5, 5.41) is 5.62. The maximum Gasteiger partial charge on any atom is 0.156 e. The molecule has 0 unspecified atom stereocenters. The van der Waals surface area contributed by atoms with E-state index in [1.54, 1.807) is 0 Å². The highest BCUT2D eigenvalue weighted by molar-refractivity contribution is 6.69. The Labute approximate surface area is 103 Å². The van der Waals surface area contributed by atoms with Crippen LogP contribution in [0.1, 0.15) is 5.56 Å². The van der Waals surface area contributed by atoms with Crippen molar-refractivity contribution in [3.05, 3.63) is 47.1 Å². The van der Waals surface area contributed by atoms with Gasteiger partial charge in [-0.1, -0.05) is 58.8 Å². The fraction of sp³-hybridized carbons (Fsp3) is 0.100. The van der Waals surface area contributed by atoms with E-state index < -0.39 is 0 Å². The van der Waals surface area contributed by atoms with Gasteiger partial charge in [-0.2, -0.15) is 0 Å². The molecule has 0 aromatic heterocycles. The fourth-order valence-corrected chi connectivity index (χ4v) is 1.55. The Balaban J connectivity index is 1.90. The van der Waals surface area contributed by atoms with E-state index >= 15 is 0 Å². The molecule has 1 N–H and O–H groups in total. The molecule has 0 saturated heterocycles. The van der Waals surface area contributed by atoms with Crippen molar-refractivity contribution in [1.82, 2.24) is 10.7 Å². The van der Waals surface area contributed by atoms with E-state index in [1.165, 1.54) is 6.08 Å². The van der Waals surface area contributed by atoms with Crippen molar-refractivity contribution in [2.45, 2.75) is 6.61 Å². The highest BCUT2D eigenvalue weighted by Gasteiger charge is 2.10. The molecular formula is C10H9Cl2N3O. The van der Waals surface area contributed by atoms with Crippen molar-refractivity contribution < 1.29 is 4.84 Å². The zero-order valence-electron chi connectivity index (χ0n) is 8.23. The van der Waals surface area contributed by atoms with Crippen molar-refractivity contribution in [2.24, 2.45) is 5.10 Å². The largest absolute Gasteiger partial charge is 0.246 e. The Morgan fingerprint density at radius 3 is 2.69 bits per heavy atom. The number of nitrogens with zero attached hydrogens (tertiary/aromatic N) is 2. The van der Waals surface area contributed by atoms with Gasteiger partial charge in [0.25, 0.3) is 0 Å². The lowest BCUT2D eigenvalue weighted by Crippen LogP contribution is -2.34. The first-order valence-corrected chi connectivity index (χ1v) is 5.34. The zero-order chi connectivity index (χ0) is 11.4. The number of benzene rings is 1. The summed E-state index contributed by atoms with van der Waals surface area (Å²) in [7, 11) is 0. The summed E-state index contributed by atoms with van der Waals surface area (Å²) < 4.78 is 0. The van der Waals surface area contributed by atoms with Crippen LogP contribution in [0.4, 0.5) is 0 Å². The lowest BCUT2D eigenvalue weighted by Gasteiger charge is -2.21. The summed E-state index contributed by atoms with van der Waals surface area (Å²) in [4.78, 5) is 5.33. The molecule has 16 heavy (non-hydrogen) atoms. The van der Waals surface area contributed by atoms with Crippen LogP contribution in [0.5, 0.6) is 0 Å². The van der Waals surface area contributed by atoms with Crippen molar-refractivity contribution in [2.75, 3.05) is 0 Å². The summed E-state index contributed by atoms with van der Waals surface area (Å²) in [6.45, 7) is 0.381. The minimum Gasteiger partial charge on any atom is -0.246 e. The molecule has 1 heterocycles. The van der Waals surface area contributed by atoms with Gasteiger partial charge in [-0.3, -0.25) is 0 Å².